The van der Waals surface area contributed by atoms with Gasteiger partial charge in [0, 0.05) is 12.0 Å². The Morgan fingerprint density at radius 2 is 1.93 bits per heavy atom. The number of amides is 1. The highest BCUT2D eigenvalue weighted by Crippen LogP contribution is 2.38. The normalized spacial score (nSPS) is 16.3. The minimum Gasteiger partial charge on any atom is -0.508 e. The Hall–Kier alpha value is -3.12. The lowest BCUT2D eigenvalue weighted by Gasteiger charge is -2.22. The average Bonchev–Trinajstić information content (AvgIpc) is 3.38. The smallest absolute Gasteiger partial charge is 0.284 e. The van der Waals surface area contributed by atoms with E-state index >= 15 is 0 Å². The zero-order chi connectivity index (χ0) is 18.8. The van der Waals surface area contributed by atoms with Crippen LogP contribution in [0.1, 0.15) is 33.3 Å². The lowest BCUT2D eigenvalue weighted by atomic mass is 9.97. The number of hydrogen-bond acceptors (Lipinski definition) is 5. The quantitative estimate of drug-likeness (QED) is 0.729. The molecule has 0 saturated carbocycles. The summed E-state index contributed by atoms with van der Waals surface area (Å²) in [5, 5.41) is 18.3. The number of ether oxygens (including phenoxy) is 1. The Bertz CT molecular complexity index is 981. The topological polar surface area (TPSA) is 62.1 Å². The zero-order valence-electron chi connectivity index (χ0n) is 14.7. The molecule has 1 aliphatic rings. The summed E-state index contributed by atoms with van der Waals surface area (Å²) in [4.78, 5) is 13.6. The first-order valence-electron chi connectivity index (χ1n) is 8.54. The molecule has 3 aromatic rings. The number of benzene rings is 2. The van der Waals surface area contributed by atoms with Crippen LogP contribution in [0, 0.1) is 0 Å². The number of carbonyl (C=O) groups is 1. The lowest BCUT2D eigenvalue weighted by molar-refractivity contribution is 0.0714. The molecule has 2 aromatic carbocycles. The highest BCUT2D eigenvalue weighted by Gasteiger charge is 2.35. The number of nitrogens with zero attached hydrogens (tertiary/aromatic N) is 2. The minimum absolute atomic E-state index is 0.165. The lowest BCUT2D eigenvalue weighted by Crippen LogP contribution is -2.26. The van der Waals surface area contributed by atoms with Crippen molar-refractivity contribution in [2.75, 3.05) is 7.11 Å². The first-order chi connectivity index (χ1) is 13.2. The van der Waals surface area contributed by atoms with Crippen LogP contribution >= 0.6 is 11.3 Å². The van der Waals surface area contributed by atoms with Crippen molar-refractivity contribution in [3.63, 3.8) is 0 Å². The van der Waals surface area contributed by atoms with Crippen LogP contribution in [0.15, 0.2) is 71.1 Å². The number of phenols is 1. The van der Waals surface area contributed by atoms with Crippen LogP contribution < -0.4 is 4.74 Å². The molecule has 0 unspecified atom stereocenters. The predicted molar refractivity (Wildman–Crippen MR) is 105 cm³/mol. The molecule has 4 rings (SSSR count). The maximum atomic E-state index is 13.0. The molecule has 136 valence electrons. The number of phenolic OH excluding ortho intramolecular Hbond substituents is 1. The van der Waals surface area contributed by atoms with Gasteiger partial charge in [-0.15, -0.1) is 11.3 Å². The van der Waals surface area contributed by atoms with Gasteiger partial charge in [-0.05, 0) is 47.3 Å². The molecule has 0 fully saturated rings. The van der Waals surface area contributed by atoms with Gasteiger partial charge >= 0.3 is 0 Å². The molecule has 1 amide bonds. The molecule has 0 radical (unpaired) electrons. The van der Waals surface area contributed by atoms with Gasteiger partial charge in [0.15, 0.2) is 0 Å². The third-order valence-electron chi connectivity index (χ3n) is 4.57. The van der Waals surface area contributed by atoms with Gasteiger partial charge in [-0.2, -0.15) is 5.10 Å². The van der Waals surface area contributed by atoms with E-state index in [9.17, 15) is 9.90 Å². The van der Waals surface area contributed by atoms with Crippen molar-refractivity contribution in [1.82, 2.24) is 5.01 Å². The fourth-order valence-electron chi connectivity index (χ4n) is 3.18. The van der Waals surface area contributed by atoms with Crippen LogP contribution in [-0.4, -0.2) is 28.8 Å². The number of methoxy groups -OCH3 is 1. The SMILES string of the molecule is COc1ccc(C2=NN(C(=O)c3cccs3)[C@H](c3ccccc3O)C2)cc1. The molecular weight excluding hydrogens is 360 g/mol. The van der Waals surface area contributed by atoms with E-state index in [1.165, 1.54) is 16.3 Å². The van der Waals surface area contributed by atoms with Crippen molar-refractivity contribution < 1.29 is 14.6 Å². The van der Waals surface area contributed by atoms with Crippen LogP contribution in [0.4, 0.5) is 0 Å². The van der Waals surface area contributed by atoms with E-state index in [1.54, 1.807) is 25.3 Å². The monoisotopic (exact) mass is 378 g/mol. The highest BCUT2D eigenvalue weighted by atomic mass is 32.1. The van der Waals surface area contributed by atoms with Crippen LogP contribution in [0.3, 0.4) is 0 Å². The van der Waals surface area contributed by atoms with Crippen molar-refractivity contribution in [1.29, 1.82) is 0 Å². The zero-order valence-corrected chi connectivity index (χ0v) is 15.5. The molecule has 5 nitrogen and oxygen atoms in total. The van der Waals surface area contributed by atoms with E-state index in [1.807, 2.05) is 47.8 Å². The standard InChI is InChI=1S/C21H18N2O3S/c1-26-15-10-8-14(9-11-15)17-13-18(16-5-2-3-6-19(16)24)23(22-17)21(25)20-7-4-12-27-20/h2-12,18,24H,13H2,1H3/t18-/m0/s1. The number of carbonyl (C=O) groups excluding carboxylic acids is 1. The van der Waals surface area contributed by atoms with Crippen molar-refractivity contribution in [2.45, 2.75) is 12.5 Å². The summed E-state index contributed by atoms with van der Waals surface area (Å²) in [5.74, 6) is 0.764. The minimum atomic E-state index is -0.349. The van der Waals surface area contributed by atoms with Crippen LogP contribution in [0.25, 0.3) is 0 Å². The van der Waals surface area contributed by atoms with E-state index in [0.717, 1.165) is 17.0 Å². The molecule has 27 heavy (non-hydrogen) atoms. The van der Waals surface area contributed by atoms with E-state index in [2.05, 4.69) is 5.10 Å². The Labute approximate surface area is 161 Å². The third kappa shape index (κ3) is 3.31. The molecule has 1 atom stereocenters. The maximum Gasteiger partial charge on any atom is 0.284 e. The van der Waals surface area contributed by atoms with E-state index < -0.39 is 0 Å². The highest BCUT2D eigenvalue weighted by molar-refractivity contribution is 7.12. The molecule has 0 bridgehead atoms. The molecule has 6 heteroatoms. The van der Waals surface area contributed by atoms with E-state index in [-0.39, 0.29) is 17.7 Å². The molecule has 0 aliphatic carbocycles. The second kappa shape index (κ2) is 7.25. The molecule has 1 aliphatic heterocycles. The molecule has 0 saturated heterocycles. The second-order valence-electron chi connectivity index (χ2n) is 6.18. The predicted octanol–water partition coefficient (Wildman–Crippen LogP) is 4.45. The van der Waals surface area contributed by atoms with Crippen molar-refractivity contribution >= 4 is 23.0 Å². The molecule has 1 aromatic heterocycles. The Morgan fingerprint density at radius 1 is 1.15 bits per heavy atom. The van der Waals surface area contributed by atoms with E-state index in [0.29, 0.717) is 16.9 Å². The van der Waals surface area contributed by atoms with Gasteiger partial charge in [0.05, 0.1) is 23.7 Å². The van der Waals surface area contributed by atoms with Crippen LogP contribution in [0.5, 0.6) is 11.5 Å². The summed E-state index contributed by atoms with van der Waals surface area (Å²) in [7, 11) is 1.62. The maximum absolute atomic E-state index is 13.0. The fourth-order valence-corrected chi connectivity index (χ4v) is 3.84. The van der Waals surface area contributed by atoms with Gasteiger partial charge in [-0.1, -0.05) is 24.3 Å². The van der Waals surface area contributed by atoms with Gasteiger partial charge in [-0.25, -0.2) is 5.01 Å². The molecule has 0 spiro atoms. The van der Waals surface area contributed by atoms with Crippen molar-refractivity contribution in [2.24, 2.45) is 5.10 Å². The Kier molecular flexibility index (Phi) is 4.64. The first kappa shape index (κ1) is 17.3. The number of thiophene rings is 1. The van der Waals surface area contributed by atoms with E-state index in [4.69, 9.17) is 4.74 Å². The number of hydrogen-bond donors (Lipinski definition) is 1. The van der Waals surface area contributed by atoms with Crippen molar-refractivity contribution in [3.8, 4) is 11.5 Å². The summed E-state index contributed by atoms with van der Waals surface area (Å²) < 4.78 is 5.21. The van der Waals surface area contributed by atoms with Gasteiger partial charge in [0.1, 0.15) is 11.5 Å². The first-order valence-corrected chi connectivity index (χ1v) is 9.42. The number of hydrazone groups is 1. The van der Waals surface area contributed by atoms with Gasteiger partial charge in [-0.3, -0.25) is 4.79 Å². The molecule has 1 N–H and O–H groups in total. The summed E-state index contributed by atoms with van der Waals surface area (Å²) in [6.45, 7) is 0. The van der Waals surface area contributed by atoms with Crippen LogP contribution in [-0.2, 0) is 0 Å². The Balaban J connectivity index is 1.73. The Morgan fingerprint density at radius 3 is 2.59 bits per heavy atom. The second-order valence-corrected chi connectivity index (χ2v) is 7.13. The molecule has 2 heterocycles. The summed E-state index contributed by atoms with van der Waals surface area (Å²) in [6.07, 6.45) is 0.529. The third-order valence-corrected chi connectivity index (χ3v) is 5.43. The summed E-state index contributed by atoms with van der Waals surface area (Å²) in [6, 6.07) is 18.0. The summed E-state index contributed by atoms with van der Waals surface area (Å²) >= 11 is 1.38. The fraction of sp³-hybridized carbons (Fsp3) is 0.143. The largest absolute Gasteiger partial charge is 0.508 e. The summed E-state index contributed by atoms with van der Waals surface area (Å²) in [5.41, 5.74) is 2.42. The van der Waals surface area contributed by atoms with Gasteiger partial charge in [0.25, 0.3) is 5.91 Å². The molecular formula is C21H18N2O3S. The average molecular weight is 378 g/mol. The van der Waals surface area contributed by atoms with Gasteiger partial charge < -0.3 is 9.84 Å². The number of para-hydroxylation sites is 1. The number of rotatable bonds is 4. The van der Waals surface area contributed by atoms with Gasteiger partial charge in [0.2, 0.25) is 0 Å². The van der Waals surface area contributed by atoms with Crippen molar-refractivity contribution in [3.05, 3.63) is 82.0 Å². The number of aromatic hydroxyl groups is 1. The van der Waals surface area contributed by atoms with Crippen LogP contribution in [0.2, 0.25) is 0 Å².